The lowest BCUT2D eigenvalue weighted by atomic mass is 10.1. The first kappa shape index (κ1) is 14.0. The van der Waals surface area contributed by atoms with Crippen molar-refractivity contribution in [2.75, 3.05) is 20.3 Å². The number of nitrogens with zero attached hydrogens (tertiary/aromatic N) is 2. The highest BCUT2D eigenvalue weighted by molar-refractivity contribution is 5.00. The molecule has 1 atom stereocenters. The lowest BCUT2D eigenvalue weighted by molar-refractivity contribution is 0.161. The molecule has 0 aliphatic heterocycles. The quantitative estimate of drug-likeness (QED) is 0.695. The molecule has 0 aliphatic rings. The fourth-order valence-electron chi connectivity index (χ4n) is 1.57. The van der Waals surface area contributed by atoms with E-state index in [0.717, 1.165) is 24.2 Å². The van der Waals surface area contributed by atoms with Gasteiger partial charge in [-0.3, -0.25) is 9.97 Å². The fraction of sp³-hybridized carbons (Fsp3) is 0.667. The predicted molar refractivity (Wildman–Crippen MR) is 67.6 cm³/mol. The summed E-state index contributed by atoms with van der Waals surface area (Å²) >= 11 is 0. The molecule has 96 valence electrons. The van der Waals surface area contributed by atoms with Gasteiger partial charge in [0, 0.05) is 32.1 Å². The van der Waals surface area contributed by atoms with Crippen molar-refractivity contribution in [3.8, 4) is 0 Å². The lowest BCUT2D eigenvalue weighted by Crippen LogP contribution is -2.33. The summed E-state index contributed by atoms with van der Waals surface area (Å²) in [6.45, 7) is 4.05. The van der Waals surface area contributed by atoms with E-state index in [0.29, 0.717) is 25.7 Å². The maximum Gasteiger partial charge on any atom is 0.0724 e. The van der Waals surface area contributed by atoms with Crippen LogP contribution in [0.3, 0.4) is 0 Å². The van der Waals surface area contributed by atoms with Crippen LogP contribution in [0.2, 0.25) is 0 Å². The van der Waals surface area contributed by atoms with Crippen LogP contribution in [-0.2, 0) is 11.3 Å². The number of nitrogens with one attached hydrogen (secondary N) is 1. The SMILES string of the molecule is COCC(CCCN)NCc1cnc(C)cn1. The van der Waals surface area contributed by atoms with Crippen LogP contribution in [0.25, 0.3) is 0 Å². The summed E-state index contributed by atoms with van der Waals surface area (Å²) in [7, 11) is 1.71. The van der Waals surface area contributed by atoms with Gasteiger partial charge in [0.25, 0.3) is 0 Å². The molecule has 5 nitrogen and oxygen atoms in total. The third-order valence-corrected chi connectivity index (χ3v) is 2.53. The maximum atomic E-state index is 5.51. The third kappa shape index (κ3) is 5.72. The Kier molecular flexibility index (Phi) is 6.69. The fourth-order valence-corrected chi connectivity index (χ4v) is 1.57. The third-order valence-electron chi connectivity index (χ3n) is 2.53. The highest BCUT2D eigenvalue weighted by Crippen LogP contribution is 2.00. The second-order valence-electron chi connectivity index (χ2n) is 4.11. The summed E-state index contributed by atoms with van der Waals surface area (Å²) in [6.07, 6.45) is 5.60. The summed E-state index contributed by atoms with van der Waals surface area (Å²) in [4.78, 5) is 8.51. The van der Waals surface area contributed by atoms with Crippen molar-refractivity contribution < 1.29 is 4.74 Å². The second kappa shape index (κ2) is 8.11. The van der Waals surface area contributed by atoms with E-state index in [9.17, 15) is 0 Å². The van der Waals surface area contributed by atoms with E-state index in [4.69, 9.17) is 10.5 Å². The normalized spacial score (nSPS) is 12.6. The van der Waals surface area contributed by atoms with Crippen molar-refractivity contribution in [3.05, 3.63) is 23.8 Å². The number of aromatic nitrogens is 2. The first-order valence-corrected chi connectivity index (χ1v) is 5.96. The number of hydrogen-bond acceptors (Lipinski definition) is 5. The minimum absolute atomic E-state index is 0.326. The summed E-state index contributed by atoms with van der Waals surface area (Å²) in [5, 5.41) is 3.41. The van der Waals surface area contributed by atoms with Gasteiger partial charge in [-0.05, 0) is 26.3 Å². The second-order valence-corrected chi connectivity index (χ2v) is 4.11. The Bertz CT molecular complexity index is 302. The molecule has 17 heavy (non-hydrogen) atoms. The van der Waals surface area contributed by atoms with E-state index >= 15 is 0 Å². The number of hydrogen-bond donors (Lipinski definition) is 2. The molecular weight excluding hydrogens is 216 g/mol. The zero-order chi connectivity index (χ0) is 12.5. The average Bonchev–Trinajstić information content (AvgIpc) is 2.35. The molecule has 0 amide bonds. The lowest BCUT2D eigenvalue weighted by Gasteiger charge is -2.17. The first-order valence-electron chi connectivity index (χ1n) is 5.96. The van der Waals surface area contributed by atoms with Crippen molar-refractivity contribution in [1.82, 2.24) is 15.3 Å². The molecule has 0 bridgehead atoms. The van der Waals surface area contributed by atoms with E-state index in [-0.39, 0.29) is 0 Å². The molecular formula is C12H22N4O. The average molecular weight is 238 g/mol. The van der Waals surface area contributed by atoms with Crippen LogP contribution in [0.15, 0.2) is 12.4 Å². The molecule has 0 fully saturated rings. The Morgan fingerprint density at radius 1 is 1.41 bits per heavy atom. The van der Waals surface area contributed by atoms with Gasteiger partial charge in [-0.1, -0.05) is 0 Å². The molecule has 0 radical (unpaired) electrons. The molecule has 1 aromatic rings. The zero-order valence-electron chi connectivity index (χ0n) is 10.6. The number of rotatable bonds is 8. The van der Waals surface area contributed by atoms with Crippen molar-refractivity contribution in [1.29, 1.82) is 0 Å². The topological polar surface area (TPSA) is 73.1 Å². The Morgan fingerprint density at radius 3 is 2.82 bits per heavy atom. The minimum atomic E-state index is 0.326. The highest BCUT2D eigenvalue weighted by atomic mass is 16.5. The van der Waals surface area contributed by atoms with Gasteiger partial charge in [-0.2, -0.15) is 0 Å². The molecule has 5 heteroatoms. The summed E-state index contributed by atoms with van der Waals surface area (Å²) in [6, 6.07) is 0.326. The molecule has 0 saturated heterocycles. The van der Waals surface area contributed by atoms with Gasteiger partial charge in [0.05, 0.1) is 18.0 Å². The maximum absolute atomic E-state index is 5.51. The molecule has 0 spiro atoms. The Balaban J connectivity index is 2.37. The van der Waals surface area contributed by atoms with Crippen molar-refractivity contribution in [2.24, 2.45) is 5.73 Å². The van der Waals surface area contributed by atoms with Crippen LogP contribution in [0, 0.1) is 6.92 Å². The van der Waals surface area contributed by atoms with Gasteiger partial charge in [0.15, 0.2) is 0 Å². The summed E-state index contributed by atoms with van der Waals surface area (Å²) in [5.41, 5.74) is 7.39. The molecule has 0 aromatic carbocycles. The van der Waals surface area contributed by atoms with Crippen LogP contribution in [0.5, 0.6) is 0 Å². The molecule has 1 rings (SSSR count). The van der Waals surface area contributed by atoms with E-state index in [1.807, 2.05) is 6.92 Å². The Morgan fingerprint density at radius 2 is 2.24 bits per heavy atom. The molecule has 1 heterocycles. The van der Waals surface area contributed by atoms with E-state index < -0.39 is 0 Å². The summed E-state index contributed by atoms with van der Waals surface area (Å²) < 4.78 is 5.17. The van der Waals surface area contributed by atoms with Crippen LogP contribution < -0.4 is 11.1 Å². The molecule has 1 unspecified atom stereocenters. The number of methoxy groups -OCH3 is 1. The standard InChI is InChI=1S/C12H22N4O/c1-10-6-15-12(7-14-10)8-16-11(9-17-2)4-3-5-13/h6-7,11,16H,3-5,8-9,13H2,1-2H3. The predicted octanol–water partition coefficient (Wildman–Crippen LogP) is 0.629. The molecule has 0 aliphatic carbocycles. The Labute approximate surface area is 103 Å². The van der Waals surface area contributed by atoms with Crippen molar-refractivity contribution in [3.63, 3.8) is 0 Å². The molecule has 0 saturated carbocycles. The van der Waals surface area contributed by atoms with Crippen LogP contribution in [0.4, 0.5) is 0 Å². The van der Waals surface area contributed by atoms with Gasteiger partial charge in [-0.15, -0.1) is 0 Å². The molecule has 1 aromatic heterocycles. The van der Waals surface area contributed by atoms with Crippen molar-refractivity contribution in [2.45, 2.75) is 32.4 Å². The van der Waals surface area contributed by atoms with Gasteiger partial charge >= 0.3 is 0 Å². The number of nitrogens with two attached hydrogens (primary N) is 1. The highest BCUT2D eigenvalue weighted by Gasteiger charge is 2.07. The van der Waals surface area contributed by atoms with Gasteiger partial charge < -0.3 is 15.8 Å². The first-order chi connectivity index (χ1) is 8.26. The van der Waals surface area contributed by atoms with E-state index in [1.165, 1.54) is 0 Å². The van der Waals surface area contributed by atoms with Crippen molar-refractivity contribution >= 4 is 0 Å². The monoisotopic (exact) mass is 238 g/mol. The molecule has 3 N–H and O–H groups in total. The van der Waals surface area contributed by atoms with Gasteiger partial charge in [-0.25, -0.2) is 0 Å². The van der Waals surface area contributed by atoms with Crippen LogP contribution >= 0.6 is 0 Å². The van der Waals surface area contributed by atoms with Gasteiger partial charge in [0.1, 0.15) is 0 Å². The van der Waals surface area contributed by atoms with E-state index in [1.54, 1.807) is 19.5 Å². The smallest absolute Gasteiger partial charge is 0.0724 e. The van der Waals surface area contributed by atoms with Crippen LogP contribution in [0.1, 0.15) is 24.2 Å². The van der Waals surface area contributed by atoms with E-state index in [2.05, 4.69) is 15.3 Å². The zero-order valence-corrected chi connectivity index (χ0v) is 10.6. The largest absolute Gasteiger partial charge is 0.383 e. The summed E-state index contributed by atoms with van der Waals surface area (Å²) in [5.74, 6) is 0. The van der Waals surface area contributed by atoms with Gasteiger partial charge in [0.2, 0.25) is 0 Å². The Hall–Kier alpha value is -1.04. The van der Waals surface area contributed by atoms with Crippen LogP contribution in [-0.4, -0.2) is 36.3 Å². The number of aryl methyl sites for hydroxylation is 1. The number of ether oxygens (including phenoxy) is 1. The minimum Gasteiger partial charge on any atom is -0.383 e.